The Morgan fingerprint density at radius 1 is 1.30 bits per heavy atom. The number of aromatic amines is 1. The molecule has 6 heteroatoms. The molecule has 0 radical (unpaired) electrons. The average molecular weight is 330 g/mol. The lowest BCUT2D eigenvalue weighted by Gasteiger charge is -2.24. The first-order valence-electron chi connectivity index (χ1n) is 8.15. The van der Waals surface area contributed by atoms with Crippen LogP contribution in [0.15, 0.2) is 35.5 Å². The van der Waals surface area contributed by atoms with Crippen molar-refractivity contribution in [3.8, 4) is 0 Å². The number of hydrogen-bond acceptors (Lipinski definition) is 4. The molecular formula is C17H22N4OS. The van der Waals surface area contributed by atoms with Crippen LogP contribution in [0.3, 0.4) is 0 Å². The summed E-state index contributed by atoms with van der Waals surface area (Å²) in [5.74, 6) is 1.60. The van der Waals surface area contributed by atoms with Crippen molar-refractivity contribution in [3.63, 3.8) is 0 Å². The third-order valence-electron chi connectivity index (χ3n) is 4.07. The first-order valence-corrected chi connectivity index (χ1v) is 9.03. The van der Waals surface area contributed by atoms with Crippen LogP contribution in [0, 0.1) is 0 Å². The molecular weight excluding hydrogens is 308 g/mol. The molecule has 0 bridgehead atoms. The van der Waals surface area contributed by atoms with Crippen molar-refractivity contribution in [1.82, 2.24) is 20.1 Å². The highest BCUT2D eigenvalue weighted by atomic mass is 32.2. The van der Waals surface area contributed by atoms with Crippen LogP contribution in [0.5, 0.6) is 0 Å². The van der Waals surface area contributed by atoms with Gasteiger partial charge < -0.3 is 4.90 Å². The standard InChI is InChI=1S/C17H22N4OS/c1-3-21(4-2)16(22)14(12-8-6-5-7-9-12)23-17-18-15(19-20-17)13-10-11-13/h5-9,13-14H,3-4,10-11H2,1-2H3,(H,18,19,20). The molecule has 0 saturated heterocycles. The molecule has 1 aliphatic rings. The zero-order valence-corrected chi connectivity index (χ0v) is 14.3. The number of rotatable bonds is 7. The highest BCUT2D eigenvalue weighted by Crippen LogP contribution is 2.40. The summed E-state index contributed by atoms with van der Waals surface area (Å²) in [7, 11) is 0. The monoisotopic (exact) mass is 330 g/mol. The van der Waals surface area contributed by atoms with Gasteiger partial charge in [-0.1, -0.05) is 42.1 Å². The summed E-state index contributed by atoms with van der Waals surface area (Å²) in [4.78, 5) is 19.3. The Morgan fingerprint density at radius 3 is 2.61 bits per heavy atom. The van der Waals surface area contributed by atoms with Crippen LogP contribution in [-0.4, -0.2) is 39.1 Å². The molecule has 1 heterocycles. The Kier molecular flexibility index (Phi) is 5.00. The van der Waals surface area contributed by atoms with Crippen LogP contribution in [0.4, 0.5) is 0 Å². The summed E-state index contributed by atoms with van der Waals surface area (Å²) >= 11 is 1.43. The van der Waals surface area contributed by atoms with Crippen LogP contribution < -0.4 is 0 Å². The molecule has 1 unspecified atom stereocenters. The fourth-order valence-corrected chi connectivity index (χ4v) is 3.55. The third kappa shape index (κ3) is 3.75. The van der Waals surface area contributed by atoms with Crippen LogP contribution >= 0.6 is 11.8 Å². The van der Waals surface area contributed by atoms with Gasteiger partial charge in [0.05, 0.1) is 0 Å². The Labute approximate surface area is 140 Å². The molecule has 1 aromatic carbocycles. The van der Waals surface area contributed by atoms with Gasteiger partial charge in [0.2, 0.25) is 11.1 Å². The van der Waals surface area contributed by atoms with Crippen molar-refractivity contribution in [3.05, 3.63) is 41.7 Å². The molecule has 1 saturated carbocycles. The van der Waals surface area contributed by atoms with Gasteiger partial charge in [-0.3, -0.25) is 9.89 Å². The van der Waals surface area contributed by atoms with E-state index in [1.165, 1.54) is 24.6 Å². The van der Waals surface area contributed by atoms with E-state index in [9.17, 15) is 4.79 Å². The van der Waals surface area contributed by atoms with E-state index in [4.69, 9.17) is 0 Å². The topological polar surface area (TPSA) is 61.9 Å². The smallest absolute Gasteiger partial charge is 0.240 e. The molecule has 0 aliphatic heterocycles. The lowest BCUT2D eigenvalue weighted by atomic mass is 10.1. The number of carbonyl (C=O) groups excluding carboxylic acids is 1. The Balaban J connectivity index is 1.83. The number of hydrogen-bond donors (Lipinski definition) is 1. The maximum absolute atomic E-state index is 12.9. The Bertz CT molecular complexity index is 650. The summed E-state index contributed by atoms with van der Waals surface area (Å²) < 4.78 is 0. The zero-order chi connectivity index (χ0) is 16.2. The summed E-state index contributed by atoms with van der Waals surface area (Å²) in [6.45, 7) is 5.43. The van der Waals surface area contributed by atoms with E-state index >= 15 is 0 Å². The van der Waals surface area contributed by atoms with Crippen LogP contribution in [0.1, 0.15) is 49.2 Å². The predicted octanol–water partition coefficient (Wildman–Crippen LogP) is 3.38. The van der Waals surface area contributed by atoms with Crippen molar-refractivity contribution < 1.29 is 4.79 Å². The van der Waals surface area contributed by atoms with Gasteiger partial charge in [0.1, 0.15) is 11.1 Å². The van der Waals surface area contributed by atoms with Crippen molar-refractivity contribution in [2.45, 2.75) is 43.0 Å². The van der Waals surface area contributed by atoms with E-state index in [0.29, 0.717) is 24.2 Å². The summed E-state index contributed by atoms with van der Waals surface area (Å²) in [5.41, 5.74) is 0.993. The largest absolute Gasteiger partial charge is 0.342 e. The lowest BCUT2D eigenvalue weighted by Crippen LogP contribution is -2.33. The number of nitrogens with zero attached hydrogens (tertiary/aromatic N) is 3. The minimum Gasteiger partial charge on any atom is -0.342 e. The number of carbonyl (C=O) groups is 1. The molecule has 1 aromatic heterocycles. The Morgan fingerprint density at radius 2 is 2.00 bits per heavy atom. The molecule has 1 fully saturated rings. The third-order valence-corrected chi connectivity index (χ3v) is 5.17. The molecule has 1 amide bonds. The van der Waals surface area contributed by atoms with Crippen LogP contribution in [0.2, 0.25) is 0 Å². The zero-order valence-electron chi connectivity index (χ0n) is 13.5. The van der Waals surface area contributed by atoms with Gasteiger partial charge in [0.15, 0.2) is 0 Å². The van der Waals surface area contributed by atoms with E-state index in [0.717, 1.165) is 11.4 Å². The Hall–Kier alpha value is -1.82. The SMILES string of the molecule is CCN(CC)C(=O)C(Sc1n[nH]c(C2CC2)n1)c1ccccc1. The number of benzene rings is 1. The lowest BCUT2D eigenvalue weighted by molar-refractivity contribution is -0.130. The van der Waals surface area contributed by atoms with E-state index in [1.807, 2.05) is 49.1 Å². The minimum absolute atomic E-state index is 0.115. The van der Waals surface area contributed by atoms with E-state index in [-0.39, 0.29) is 11.2 Å². The maximum Gasteiger partial charge on any atom is 0.240 e. The van der Waals surface area contributed by atoms with Gasteiger partial charge in [-0.25, -0.2) is 4.98 Å². The van der Waals surface area contributed by atoms with Gasteiger partial charge in [-0.15, -0.1) is 5.10 Å². The molecule has 122 valence electrons. The average Bonchev–Trinajstić information content (AvgIpc) is 3.33. The second-order valence-electron chi connectivity index (χ2n) is 5.70. The van der Waals surface area contributed by atoms with Crippen molar-refractivity contribution >= 4 is 17.7 Å². The first kappa shape index (κ1) is 16.1. The van der Waals surface area contributed by atoms with E-state index < -0.39 is 0 Å². The number of likely N-dealkylation sites (N-methyl/N-ethyl adjacent to an activating group) is 1. The fraction of sp³-hybridized carbons (Fsp3) is 0.471. The minimum atomic E-state index is -0.307. The van der Waals surface area contributed by atoms with Crippen LogP contribution in [-0.2, 0) is 4.79 Å². The van der Waals surface area contributed by atoms with Gasteiger partial charge >= 0.3 is 0 Å². The maximum atomic E-state index is 12.9. The van der Waals surface area contributed by atoms with E-state index in [2.05, 4.69) is 15.2 Å². The van der Waals surface area contributed by atoms with Gasteiger partial charge in [-0.2, -0.15) is 0 Å². The molecule has 1 atom stereocenters. The van der Waals surface area contributed by atoms with Gasteiger partial charge in [0, 0.05) is 19.0 Å². The van der Waals surface area contributed by atoms with E-state index in [1.54, 1.807) is 0 Å². The van der Waals surface area contributed by atoms with Crippen molar-refractivity contribution in [2.24, 2.45) is 0 Å². The molecule has 0 spiro atoms. The summed E-state index contributed by atoms with van der Waals surface area (Å²) in [6, 6.07) is 9.88. The summed E-state index contributed by atoms with van der Waals surface area (Å²) in [6.07, 6.45) is 2.36. The van der Waals surface area contributed by atoms with Gasteiger partial charge in [-0.05, 0) is 32.3 Å². The van der Waals surface area contributed by atoms with Crippen LogP contribution in [0.25, 0.3) is 0 Å². The number of amides is 1. The number of aromatic nitrogens is 3. The van der Waals surface area contributed by atoms with Crippen molar-refractivity contribution in [2.75, 3.05) is 13.1 Å². The fourth-order valence-electron chi connectivity index (χ4n) is 2.55. The number of H-pyrrole nitrogens is 1. The van der Waals surface area contributed by atoms with Gasteiger partial charge in [0.25, 0.3) is 0 Å². The highest BCUT2D eigenvalue weighted by molar-refractivity contribution is 8.00. The number of nitrogens with one attached hydrogen (secondary N) is 1. The molecule has 3 rings (SSSR count). The quantitative estimate of drug-likeness (QED) is 0.791. The summed E-state index contributed by atoms with van der Waals surface area (Å²) in [5, 5.41) is 7.65. The second-order valence-corrected chi connectivity index (χ2v) is 6.77. The normalized spacial score (nSPS) is 15.4. The molecule has 2 aromatic rings. The van der Waals surface area contributed by atoms with Crippen molar-refractivity contribution in [1.29, 1.82) is 0 Å². The first-order chi connectivity index (χ1) is 11.2. The highest BCUT2D eigenvalue weighted by Gasteiger charge is 2.30. The molecule has 5 nitrogen and oxygen atoms in total. The molecule has 1 N–H and O–H groups in total. The molecule has 23 heavy (non-hydrogen) atoms. The molecule has 1 aliphatic carbocycles. The number of thioether (sulfide) groups is 1. The second kappa shape index (κ2) is 7.17. The predicted molar refractivity (Wildman–Crippen MR) is 91.3 cm³/mol.